The smallest absolute Gasteiger partial charge is 0.432 e. The SMILES string of the molecule is C=CCC(F)(F)Oc1cccc(Nc2cc(C(F)(F)F)nc(-c3ccccn3)n2)c1. The van der Waals surface area contributed by atoms with Gasteiger partial charge in [0, 0.05) is 24.0 Å². The largest absolute Gasteiger partial charge is 0.433 e. The monoisotopic (exact) mass is 422 g/mol. The summed E-state index contributed by atoms with van der Waals surface area (Å²) in [5.41, 5.74) is -0.834. The van der Waals surface area contributed by atoms with Crippen LogP contribution in [0.25, 0.3) is 11.5 Å². The van der Waals surface area contributed by atoms with E-state index in [4.69, 9.17) is 0 Å². The fourth-order valence-electron chi connectivity index (χ4n) is 2.43. The number of alkyl halides is 5. The average Bonchev–Trinajstić information content (AvgIpc) is 2.67. The Morgan fingerprint density at radius 2 is 1.80 bits per heavy atom. The van der Waals surface area contributed by atoms with E-state index in [9.17, 15) is 22.0 Å². The van der Waals surface area contributed by atoms with Crippen LogP contribution in [0.15, 0.2) is 67.4 Å². The van der Waals surface area contributed by atoms with Crippen molar-refractivity contribution < 1.29 is 26.7 Å². The lowest BCUT2D eigenvalue weighted by Crippen LogP contribution is -2.23. The van der Waals surface area contributed by atoms with Crippen LogP contribution in [-0.2, 0) is 6.18 Å². The van der Waals surface area contributed by atoms with Crippen LogP contribution in [0.4, 0.5) is 33.5 Å². The molecule has 3 aromatic rings. The van der Waals surface area contributed by atoms with Crippen LogP contribution in [0, 0.1) is 0 Å². The van der Waals surface area contributed by atoms with Gasteiger partial charge in [-0.05, 0) is 24.3 Å². The van der Waals surface area contributed by atoms with Gasteiger partial charge in [-0.15, -0.1) is 6.58 Å². The quantitative estimate of drug-likeness (QED) is 0.382. The van der Waals surface area contributed by atoms with Gasteiger partial charge in [0.25, 0.3) is 0 Å². The number of anilines is 2. The molecule has 0 saturated carbocycles. The number of hydrogen-bond donors (Lipinski definition) is 1. The third kappa shape index (κ3) is 5.49. The van der Waals surface area contributed by atoms with Crippen molar-refractivity contribution in [3.05, 3.63) is 73.1 Å². The van der Waals surface area contributed by atoms with Gasteiger partial charge in [-0.25, -0.2) is 9.97 Å². The van der Waals surface area contributed by atoms with Gasteiger partial charge in [0.15, 0.2) is 11.5 Å². The predicted octanol–water partition coefficient (Wildman–Crippen LogP) is 5.85. The Kier molecular flexibility index (Phi) is 5.95. The molecular weight excluding hydrogens is 407 g/mol. The summed E-state index contributed by atoms with van der Waals surface area (Å²) in [6.45, 7) is 3.24. The summed E-state index contributed by atoms with van der Waals surface area (Å²) < 4.78 is 71.7. The molecule has 0 radical (unpaired) electrons. The molecule has 5 nitrogen and oxygen atoms in total. The highest BCUT2D eigenvalue weighted by Crippen LogP contribution is 2.32. The van der Waals surface area contributed by atoms with Crippen LogP contribution in [0.3, 0.4) is 0 Å². The summed E-state index contributed by atoms with van der Waals surface area (Å²) in [5, 5.41) is 2.66. The van der Waals surface area contributed by atoms with E-state index in [2.05, 4.69) is 31.6 Å². The van der Waals surface area contributed by atoms with Crippen LogP contribution in [-0.4, -0.2) is 21.1 Å². The van der Waals surface area contributed by atoms with Gasteiger partial charge in [-0.3, -0.25) is 4.98 Å². The number of nitrogens with one attached hydrogen (secondary N) is 1. The van der Waals surface area contributed by atoms with E-state index < -0.39 is 24.4 Å². The van der Waals surface area contributed by atoms with Gasteiger partial charge in [0.1, 0.15) is 17.3 Å². The van der Waals surface area contributed by atoms with Crippen LogP contribution in [0.5, 0.6) is 5.75 Å². The van der Waals surface area contributed by atoms with Crippen molar-refractivity contribution in [3.63, 3.8) is 0 Å². The molecule has 30 heavy (non-hydrogen) atoms. The molecule has 0 spiro atoms. The van der Waals surface area contributed by atoms with E-state index in [0.29, 0.717) is 6.07 Å². The van der Waals surface area contributed by atoms with Crippen molar-refractivity contribution >= 4 is 11.5 Å². The molecule has 3 rings (SSSR count). The van der Waals surface area contributed by atoms with Crippen LogP contribution < -0.4 is 10.1 Å². The first-order valence-electron chi connectivity index (χ1n) is 8.59. The number of benzene rings is 1. The second-order valence-electron chi connectivity index (χ2n) is 6.06. The van der Waals surface area contributed by atoms with Gasteiger partial charge in [-0.1, -0.05) is 18.2 Å². The summed E-state index contributed by atoms with van der Waals surface area (Å²) in [7, 11) is 0. The van der Waals surface area contributed by atoms with Gasteiger partial charge in [0.2, 0.25) is 0 Å². The molecule has 0 aliphatic carbocycles. The van der Waals surface area contributed by atoms with Crippen molar-refractivity contribution in [2.45, 2.75) is 18.7 Å². The fourth-order valence-corrected chi connectivity index (χ4v) is 2.43. The normalized spacial score (nSPS) is 11.8. The first kappa shape index (κ1) is 21.2. The first-order chi connectivity index (χ1) is 14.2. The third-order valence-corrected chi connectivity index (χ3v) is 3.67. The summed E-state index contributed by atoms with van der Waals surface area (Å²) in [6.07, 6.45) is -6.47. The summed E-state index contributed by atoms with van der Waals surface area (Å²) in [4.78, 5) is 11.6. The zero-order valence-corrected chi connectivity index (χ0v) is 15.3. The molecule has 0 bridgehead atoms. The van der Waals surface area contributed by atoms with Crippen molar-refractivity contribution in [3.8, 4) is 17.3 Å². The van der Waals surface area contributed by atoms with Gasteiger partial charge in [0.05, 0.1) is 6.42 Å². The second-order valence-corrected chi connectivity index (χ2v) is 6.06. The highest BCUT2D eigenvalue weighted by atomic mass is 19.4. The predicted molar refractivity (Wildman–Crippen MR) is 100 cm³/mol. The topological polar surface area (TPSA) is 59.9 Å². The lowest BCUT2D eigenvalue weighted by Gasteiger charge is -2.17. The number of hydrogen-bond acceptors (Lipinski definition) is 5. The van der Waals surface area contributed by atoms with E-state index in [1.807, 2.05) is 0 Å². The zero-order chi connectivity index (χ0) is 21.8. The standard InChI is InChI=1S/C20H15F5N4O/c1-2-9-19(21,22)30-14-7-5-6-13(11-14)27-17-12-16(20(23,24)25)28-18(29-17)15-8-3-4-10-26-15/h2-8,10-12H,1,9H2,(H,27,28,29). The number of halogens is 5. The number of rotatable bonds is 7. The molecule has 0 aliphatic rings. The molecule has 2 aromatic heterocycles. The van der Waals surface area contributed by atoms with E-state index >= 15 is 0 Å². The lowest BCUT2D eigenvalue weighted by atomic mass is 10.2. The lowest BCUT2D eigenvalue weighted by molar-refractivity contribution is -0.172. The zero-order valence-electron chi connectivity index (χ0n) is 15.3. The molecule has 2 heterocycles. The maximum absolute atomic E-state index is 13.6. The van der Waals surface area contributed by atoms with Crippen LogP contribution in [0.1, 0.15) is 12.1 Å². The van der Waals surface area contributed by atoms with Gasteiger partial charge in [-0.2, -0.15) is 22.0 Å². The van der Waals surface area contributed by atoms with Crippen LogP contribution >= 0.6 is 0 Å². The Hall–Kier alpha value is -3.56. The van der Waals surface area contributed by atoms with E-state index in [1.54, 1.807) is 12.1 Å². The third-order valence-electron chi connectivity index (χ3n) is 3.67. The highest BCUT2D eigenvalue weighted by molar-refractivity contribution is 5.61. The highest BCUT2D eigenvalue weighted by Gasteiger charge is 2.34. The summed E-state index contributed by atoms with van der Waals surface area (Å²) in [6, 6.07) is 10.8. The Morgan fingerprint density at radius 3 is 2.47 bits per heavy atom. The summed E-state index contributed by atoms with van der Waals surface area (Å²) in [5.74, 6) is -0.604. The minimum atomic E-state index is -4.72. The molecule has 10 heteroatoms. The summed E-state index contributed by atoms with van der Waals surface area (Å²) >= 11 is 0. The minimum absolute atomic E-state index is 0.146. The molecule has 0 atom stereocenters. The first-order valence-corrected chi connectivity index (χ1v) is 8.59. The second kappa shape index (κ2) is 8.44. The number of aromatic nitrogens is 3. The number of pyridine rings is 1. The fraction of sp³-hybridized carbons (Fsp3) is 0.150. The minimum Gasteiger partial charge on any atom is -0.432 e. The molecule has 1 aromatic carbocycles. The molecule has 0 aliphatic heterocycles. The maximum atomic E-state index is 13.6. The van der Waals surface area contributed by atoms with Crippen molar-refractivity contribution in [2.24, 2.45) is 0 Å². The van der Waals surface area contributed by atoms with Gasteiger partial charge < -0.3 is 10.1 Å². The van der Waals surface area contributed by atoms with Crippen molar-refractivity contribution in [1.29, 1.82) is 0 Å². The van der Waals surface area contributed by atoms with Crippen molar-refractivity contribution in [1.82, 2.24) is 15.0 Å². The Balaban J connectivity index is 1.93. The molecule has 1 N–H and O–H groups in total. The van der Waals surface area contributed by atoms with E-state index in [1.165, 1.54) is 36.5 Å². The number of nitrogens with zero attached hydrogens (tertiary/aromatic N) is 3. The number of ether oxygens (including phenoxy) is 1. The molecule has 0 fully saturated rings. The Labute approximate surface area is 168 Å². The Morgan fingerprint density at radius 1 is 1.00 bits per heavy atom. The molecule has 0 amide bonds. The Bertz CT molecular complexity index is 1030. The molecular formula is C20H15F5N4O. The van der Waals surface area contributed by atoms with Gasteiger partial charge >= 0.3 is 12.3 Å². The van der Waals surface area contributed by atoms with Crippen molar-refractivity contribution in [2.75, 3.05) is 5.32 Å². The maximum Gasteiger partial charge on any atom is 0.433 e. The molecule has 0 unspecified atom stereocenters. The van der Waals surface area contributed by atoms with E-state index in [-0.39, 0.29) is 28.8 Å². The van der Waals surface area contributed by atoms with E-state index in [0.717, 1.165) is 6.08 Å². The average molecular weight is 422 g/mol. The molecule has 0 saturated heterocycles. The molecule has 156 valence electrons. The van der Waals surface area contributed by atoms with Crippen LogP contribution in [0.2, 0.25) is 0 Å².